The van der Waals surface area contributed by atoms with E-state index in [1.165, 1.54) is 0 Å². The smallest absolute Gasteiger partial charge is 0.294 e. The molecule has 0 aliphatic heterocycles. The van der Waals surface area contributed by atoms with Gasteiger partial charge in [-0.15, -0.1) is 0 Å². The van der Waals surface area contributed by atoms with Gasteiger partial charge >= 0.3 is 0 Å². The van der Waals surface area contributed by atoms with Crippen molar-refractivity contribution in [2.24, 2.45) is 0 Å². The Morgan fingerprint density at radius 2 is 2.13 bits per heavy atom. The number of fused-ring (bicyclic) bond motifs is 1. The molecule has 0 aliphatic rings. The maximum absolute atomic E-state index is 10.8. The summed E-state index contributed by atoms with van der Waals surface area (Å²) in [6.07, 6.45) is 0. The van der Waals surface area contributed by atoms with Gasteiger partial charge in [0, 0.05) is 5.56 Å². The second kappa shape index (κ2) is 2.91. The zero-order valence-corrected chi connectivity index (χ0v) is 8.24. The van der Waals surface area contributed by atoms with Crippen LogP contribution in [-0.2, 0) is 0 Å². The Balaban J connectivity index is 2.93. The molecule has 78 valence electrons. The number of aromatic nitrogens is 3. The standard InChI is InChI=1S/C8H9N5O2/c1-3-5-7(9)11-12-8(5)10-4(2)6(3)13(14)15/h1-2H3,(H3,9,10,11,12). The number of aryl methyl sites for hydroxylation is 2. The third kappa shape index (κ3) is 1.20. The fraction of sp³-hybridized carbons (Fsp3) is 0.250. The number of nitro groups is 1. The highest BCUT2D eigenvalue weighted by atomic mass is 16.6. The van der Waals surface area contributed by atoms with Crippen LogP contribution in [0, 0.1) is 24.0 Å². The molecule has 0 saturated carbocycles. The first-order valence-corrected chi connectivity index (χ1v) is 4.27. The monoisotopic (exact) mass is 207 g/mol. The lowest BCUT2D eigenvalue weighted by Gasteiger charge is -2.01. The molecule has 0 fully saturated rings. The maximum Gasteiger partial charge on any atom is 0.294 e. The van der Waals surface area contributed by atoms with Gasteiger partial charge in [0.05, 0.1) is 10.3 Å². The fourth-order valence-electron chi connectivity index (χ4n) is 1.67. The molecule has 2 aromatic rings. The number of hydrogen-bond acceptors (Lipinski definition) is 5. The van der Waals surface area contributed by atoms with E-state index in [0.29, 0.717) is 28.1 Å². The molecule has 0 bridgehead atoms. The molecule has 0 radical (unpaired) electrons. The first-order chi connectivity index (χ1) is 7.02. The normalized spacial score (nSPS) is 10.8. The van der Waals surface area contributed by atoms with Crippen LogP contribution in [0.5, 0.6) is 0 Å². The molecule has 2 heterocycles. The van der Waals surface area contributed by atoms with E-state index in [1.54, 1.807) is 13.8 Å². The van der Waals surface area contributed by atoms with Crippen LogP contribution in [-0.4, -0.2) is 20.1 Å². The van der Waals surface area contributed by atoms with Crippen LogP contribution in [0.4, 0.5) is 11.5 Å². The molecule has 0 spiro atoms. The molecule has 2 aromatic heterocycles. The first kappa shape index (κ1) is 9.38. The second-order valence-electron chi connectivity index (χ2n) is 3.26. The Bertz CT molecular complexity index is 560. The van der Waals surface area contributed by atoms with Crippen LogP contribution >= 0.6 is 0 Å². The number of anilines is 1. The van der Waals surface area contributed by atoms with Gasteiger partial charge in [-0.2, -0.15) is 5.10 Å². The third-order valence-corrected chi connectivity index (χ3v) is 2.30. The van der Waals surface area contributed by atoms with Crippen molar-refractivity contribution in [2.75, 3.05) is 5.73 Å². The predicted octanol–water partition coefficient (Wildman–Crippen LogP) is 1.07. The maximum atomic E-state index is 10.8. The number of rotatable bonds is 1. The van der Waals surface area contributed by atoms with Gasteiger partial charge in [0.1, 0.15) is 11.5 Å². The number of pyridine rings is 1. The lowest BCUT2D eigenvalue weighted by atomic mass is 10.1. The molecule has 0 atom stereocenters. The van der Waals surface area contributed by atoms with Crippen molar-refractivity contribution in [1.29, 1.82) is 0 Å². The number of nitrogen functional groups attached to an aromatic ring is 1. The van der Waals surface area contributed by atoms with E-state index >= 15 is 0 Å². The molecule has 0 unspecified atom stereocenters. The van der Waals surface area contributed by atoms with Gasteiger partial charge in [-0.05, 0) is 13.8 Å². The summed E-state index contributed by atoms with van der Waals surface area (Å²) in [7, 11) is 0. The van der Waals surface area contributed by atoms with Gasteiger partial charge < -0.3 is 5.73 Å². The summed E-state index contributed by atoms with van der Waals surface area (Å²) in [6, 6.07) is 0. The Labute approximate surface area is 84.5 Å². The first-order valence-electron chi connectivity index (χ1n) is 4.27. The largest absolute Gasteiger partial charge is 0.384 e. The summed E-state index contributed by atoms with van der Waals surface area (Å²) >= 11 is 0. The molecule has 0 aromatic carbocycles. The van der Waals surface area contributed by atoms with E-state index in [2.05, 4.69) is 15.2 Å². The average molecular weight is 207 g/mol. The number of nitrogens with zero attached hydrogens (tertiary/aromatic N) is 3. The molecule has 0 aliphatic carbocycles. The summed E-state index contributed by atoms with van der Waals surface area (Å²) in [5.41, 5.74) is 6.86. The summed E-state index contributed by atoms with van der Waals surface area (Å²) in [5.74, 6) is 0.304. The van der Waals surface area contributed by atoms with E-state index in [-0.39, 0.29) is 5.69 Å². The number of nitrogens with two attached hydrogens (primary N) is 1. The van der Waals surface area contributed by atoms with Crippen LogP contribution in [0.2, 0.25) is 0 Å². The number of aromatic amines is 1. The molecular weight excluding hydrogens is 198 g/mol. The molecule has 0 amide bonds. The zero-order chi connectivity index (χ0) is 11.2. The highest BCUT2D eigenvalue weighted by Crippen LogP contribution is 2.30. The van der Waals surface area contributed by atoms with Crippen LogP contribution in [0.3, 0.4) is 0 Å². The van der Waals surface area contributed by atoms with Crippen LogP contribution in [0.1, 0.15) is 11.3 Å². The highest BCUT2D eigenvalue weighted by molar-refractivity contribution is 5.91. The van der Waals surface area contributed by atoms with E-state index in [4.69, 9.17) is 5.73 Å². The van der Waals surface area contributed by atoms with E-state index in [0.717, 1.165) is 0 Å². The quantitative estimate of drug-likeness (QED) is 0.536. The SMILES string of the molecule is Cc1nc2n[nH]c(N)c2c(C)c1[N+](=O)[O-]. The fourth-order valence-corrected chi connectivity index (χ4v) is 1.67. The van der Waals surface area contributed by atoms with E-state index < -0.39 is 4.92 Å². The van der Waals surface area contributed by atoms with Gasteiger partial charge in [0.25, 0.3) is 5.69 Å². The van der Waals surface area contributed by atoms with Crippen molar-refractivity contribution in [3.8, 4) is 0 Å². The van der Waals surface area contributed by atoms with Crippen molar-refractivity contribution in [1.82, 2.24) is 15.2 Å². The Morgan fingerprint density at radius 3 is 2.73 bits per heavy atom. The predicted molar refractivity (Wildman–Crippen MR) is 54.4 cm³/mol. The van der Waals surface area contributed by atoms with Crippen LogP contribution in [0.25, 0.3) is 11.0 Å². The van der Waals surface area contributed by atoms with Gasteiger partial charge in [0.2, 0.25) is 0 Å². The topological polar surface area (TPSA) is 111 Å². The van der Waals surface area contributed by atoms with Gasteiger partial charge in [0.15, 0.2) is 5.65 Å². The molecule has 7 nitrogen and oxygen atoms in total. The van der Waals surface area contributed by atoms with E-state index in [9.17, 15) is 10.1 Å². The van der Waals surface area contributed by atoms with Gasteiger partial charge in [-0.3, -0.25) is 15.2 Å². The minimum atomic E-state index is -0.455. The lowest BCUT2D eigenvalue weighted by molar-refractivity contribution is -0.386. The number of nitrogens with one attached hydrogen (secondary N) is 1. The third-order valence-electron chi connectivity index (χ3n) is 2.30. The van der Waals surface area contributed by atoms with Crippen molar-refractivity contribution in [3.63, 3.8) is 0 Å². The van der Waals surface area contributed by atoms with Crippen molar-refractivity contribution in [2.45, 2.75) is 13.8 Å². The second-order valence-corrected chi connectivity index (χ2v) is 3.26. The summed E-state index contributed by atoms with van der Waals surface area (Å²) < 4.78 is 0. The summed E-state index contributed by atoms with van der Waals surface area (Å²) in [5, 5.41) is 17.7. The van der Waals surface area contributed by atoms with Crippen molar-refractivity contribution >= 4 is 22.5 Å². The molecular formula is C8H9N5O2. The van der Waals surface area contributed by atoms with Crippen molar-refractivity contribution < 1.29 is 4.92 Å². The van der Waals surface area contributed by atoms with Gasteiger partial charge in [-0.1, -0.05) is 0 Å². The Morgan fingerprint density at radius 1 is 1.47 bits per heavy atom. The number of hydrogen-bond donors (Lipinski definition) is 2. The van der Waals surface area contributed by atoms with Crippen LogP contribution < -0.4 is 5.73 Å². The molecule has 15 heavy (non-hydrogen) atoms. The minimum Gasteiger partial charge on any atom is -0.384 e. The highest BCUT2D eigenvalue weighted by Gasteiger charge is 2.21. The Kier molecular flexibility index (Phi) is 1.82. The lowest BCUT2D eigenvalue weighted by Crippen LogP contribution is -1.99. The summed E-state index contributed by atoms with van der Waals surface area (Å²) in [6.45, 7) is 3.22. The van der Waals surface area contributed by atoms with Gasteiger partial charge in [-0.25, -0.2) is 4.98 Å². The molecule has 0 saturated heterocycles. The van der Waals surface area contributed by atoms with Crippen molar-refractivity contribution in [3.05, 3.63) is 21.4 Å². The summed E-state index contributed by atoms with van der Waals surface area (Å²) in [4.78, 5) is 14.4. The molecule has 3 N–H and O–H groups in total. The van der Waals surface area contributed by atoms with E-state index in [1.807, 2.05) is 0 Å². The average Bonchev–Trinajstić information content (AvgIpc) is 2.46. The van der Waals surface area contributed by atoms with Crippen LogP contribution in [0.15, 0.2) is 0 Å². The zero-order valence-electron chi connectivity index (χ0n) is 8.24. The molecule has 7 heteroatoms. The number of H-pyrrole nitrogens is 1. The minimum absolute atomic E-state index is 0.00407. The molecule has 2 rings (SSSR count). The Hall–Kier alpha value is -2.18.